The fourth-order valence-corrected chi connectivity index (χ4v) is 0.927. The zero-order chi connectivity index (χ0) is 11.3. The Kier molecular flexibility index (Phi) is 3.99. The lowest BCUT2D eigenvalue weighted by molar-refractivity contribution is 0.0940. The molecule has 0 radical (unpaired) electrons. The van der Waals surface area contributed by atoms with Crippen LogP contribution in [0.1, 0.15) is 10.6 Å². The van der Waals surface area contributed by atoms with Crippen molar-refractivity contribution >= 4 is 11.6 Å². The number of likely N-dealkylation sites (N-methyl/N-ethyl adjacent to an activating group) is 1. The van der Waals surface area contributed by atoms with Crippen molar-refractivity contribution < 1.29 is 4.79 Å². The number of nitrogen functional groups attached to an aromatic ring is 1. The summed E-state index contributed by atoms with van der Waals surface area (Å²) in [6.07, 6.45) is 2.82. The molecule has 15 heavy (non-hydrogen) atoms. The fraction of sp³-hybridized carbons (Fsp3) is 0.444. The zero-order valence-corrected chi connectivity index (χ0v) is 8.90. The molecule has 1 aromatic rings. The molecule has 6 heteroatoms. The third kappa shape index (κ3) is 3.90. The van der Waals surface area contributed by atoms with Gasteiger partial charge in [-0.15, -0.1) is 0 Å². The third-order valence-electron chi connectivity index (χ3n) is 1.72. The lowest BCUT2D eigenvalue weighted by atomic mass is 10.4. The Bertz CT molecular complexity index is 322. The van der Waals surface area contributed by atoms with Gasteiger partial charge in [0.1, 0.15) is 0 Å². The number of nitrogens with zero attached hydrogens (tertiary/aromatic N) is 3. The van der Waals surface area contributed by atoms with E-state index < -0.39 is 0 Å². The van der Waals surface area contributed by atoms with Gasteiger partial charge in [-0.05, 0) is 14.1 Å². The molecule has 0 spiro atoms. The first kappa shape index (κ1) is 11.4. The van der Waals surface area contributed by atoms with Crippen LogP contribution in [-0.2, 0) is 0 Å². The largest absolute Gasteiger partial charge is 0.396 e. The molecule has 82 valence electrons. The van der Waals surface area contributed by atoms with Crippen molar-refractivity contribution in [1.82, 2.24) is 20.2 Å². The molecule has 0 aromatic carbocycles. The number of nitrogens with one attached hydrogen (secondary N) is 1. The SMILES string of the molecule is CN(C)CCNC(=O)c1ncc(N)cn1. The Morgan fingerprint density at radius 3 is 2.60 bits per heavy atom. The van der Waals surface area contributed by atoms with Gasteiger partial charge in [0.25, 0.3) is 5.91 Å². The molecule has 0 atom stereocenters. The predicted molar refractivity (Wildman–Crippen MR) is 57.3 cm³/mol. The van der Waals surface area contributed by atoms with Gasteiger partial charge < -0.3 is 16.0 Å². The number of anilines is 1. The Morgan fingerprint density at radius 1 is 1.47 bits per heavy atom. The number of carbonyl (C=O) groups excluding carboxylic acids is 1. The lowest BCUT2D eigenvalue weighted by Crippen LogP contribution is -2.32. The average molecular weight is 209 g/mol. The van der Waals surface area contributed by atoms with Gasteiger partial charge in [0.15, 0.2) is 0 Å². The molecule has 1 heterocycles. The zero-order valence-electron chi connectivity index (χ0n) is 8.90. The van der Waals surface area contributed by atoms with E-state index in [-0.39, 0.29) is 11.7 Å². The molecule has 0 unspecified atom stereocenters. The summed E-state index contributed by atoms with van der Waals surface area (Å²) in [7, 11) is 3.87. The van der Waals surface area contributed by atoms with Crippen LogP contribution in [0.3, 0.4) is 0 Å². The van der Waals surface area contributed by atoms with E-state index >= 15 is 0 Å². The van der Waals surface area contributed by atoms with E-state index in [1.165, 1.54) is 12.4 Å². The molecular formula is C9H15N5O. The average Bonchev–Trinajstić information content (AvgIpc) is 2.18. The number of nitrogens with two attached hydrogens (primary N) is 1. The van der Waals surface area contributed by atoms with Gasteiger partial charge in [-0.3, -0.25) is 4.79 Å². The molecule has 0 aliphatic rings. The van der Waals surface area contributed by atoms with E-state index in [0.717, 1.165) is 6.54 Å². The van der Waals surface area contributed by atoms with Gasteiger partial charge in [-0.25, -0.2) is 9.97 Å². The molecule has 0 fully saturated rings. The number of carbonyl (C=O) groups is 1. The van der Waals surface area contributed by atoms with Crippen LogP contribution in [0.15, 0.2) is 12.4 Å². The predicted octanol–water partition coefficient (Wildman–Crippen LogP) is -0.650. The smallest absolute Gasteiger partial charge is 0.289 e. The number of rotatable bonds is 4. The Balaban J connectivity index is 2.43. The summed E-state index contributed by atoms with van der Waals surface area (Å²) in [5, 5.41) is 2.70. The molecule has 0 saturated carbocycles. The first-order valence-corrected chi connectivity index (χ1v) is 4.60. The van der Waals surface area contributed by atoms with Crippen LogP contribution in [0.2, 0.25) is 0 Å². The van der Waals surface area contributed by atoms with Gasteiger partial charge in [0.2, 0.25) is 5.82 Å². The molecule has 0 bridgehead atoms. The van der Waals surface area contributed by atoms with Crippen molar-refractivity contribution in [3.8, 4) is 0 Å². The monoisotopic (exact) mass is 209 g/mol. The van der Waals surface area contributed by atoms with Crippen LogP contribution in [0.5, 0.6) is 0 Å². The highest BCUT2D eigenvalue weighted by atomic mass is 16.2. The van der Waals surface area contributed by atoms with Gasteiger partial charge in [-0.2, -0.15) is 0 Å². The lowest BCUT2D eigenvalue weighted by Gasteiger charge is -2.09. The molecule has 3 N–H and O–H groups in total. The fourth-order valence-electron chi connectivity index (χ4n) is 0.927. The van der Waals surface area contributed by atoms with Crippen LogP contribution in [0, 0.1) is 0 Å². The maximum Gasteiger partial charge on any atom is 0.289 e. The quantitative estimate of drug-likeness (QED) is 0.688. The Hall–Kier alpha value is -1.69. The van der Waals surface area contributed by atoms with Crippen molar-refractivity contribution in [2.75, 3.05) is 32.9 Å². The highest BCUT2D eigenvalue weighted by Crippen LogP contribution is 1.95. The minimum Gasteiger partial charge on any atom is -0.396 e. The second-order valence-electron chi connectivity index (χ2n) is 3.40. The van der Waals surface area contributed by atoms with Crippen LogP contribution in [0.4, 0.5) is 5.69 Å². The van der Waals surface area contributed by atoms with Gasteiger partial charge in [-0.1, -0.05) is 0 Å². The van der Waals surface area contributed by atoms with Gasteiger partial charge in [0, 0.05) is 13.1 Å². The summed E-state index contributed by atoms with van der Waals surface area (Å²) in [4.78, 5) is 21.0. The highest BCUT2D eigenvalue weighted by Gasteiger charge is 2.07. The molecule has 6 nitrogen and oxygen atoms in total. The molecule has 0 saturated heterocycles. The highest BCUT2D eigenvalue weighted by molar-refractivity contribution is 5.90. The first-order chi connectivity index (χ1) is 7.09. The number of aromatic nitrogens is 2. The standard InChI is InChI=1S/C9H15N5O/c1-14(2)4-3-11-9(15)8-12-5-7(10)6-13-8/h5-6H,3-4,10H2,1-2H3,(H,11,15). The molecule has 1 aromatic heterocycles. The normalized spacial score (nSPS) is 10.3. The third-order valence-corrected chi connectivity index (χ3v) is 1.72. The number of hydrogen-bond donors (Lipinski definition) is 2. The summed E-state index contributed by atoms with van der Waals surface area (Å²) in [5.74, 6) is -0.139. The van der Waals surface area contributed by atoms with E-state index in [1.54, 1.807) is 0 Å². The molecule has 0 aliphatic heterocycles. The van der Waals surface area contributed by atoms with Crippen molar-refractivity contribution in [2.24, 2.45) is 0 Å². The summed E-state index contributed by atoms with van der Waals surface area (Å²) in [6, 6.07) is 0. The van der Waals surface area contributed by atoms with Crippen LogP contribution in [0.25, 0.3) is 0 Å². The minimum absolute atomic E-state index is 0.142. The number of amides is 1. The van der Waals surface area contributed by atoms with E-state index in [2.05, 4.69) is 15.3 Å². The molecule has 1 amide bonds. The van der Waals surface area contributed by atoms with E-state index in [9.17, 15) is 4.79 Å². The van der Waals surface area contributed by atoms with Crippen molar-refractivity contribution in [2.45, 2.75) is 0 Å². The number of hydrogen-bond acceptors (Lipinski definition) is 5. The minimum atomic E-state index is -0.281. The summed E-state index contributed by atoms with van der Waals surface area (Å²) < 4.78 is 0. The molecular weight excluding hydrogens is 194 g/mol. The Morgan fingerprint density at radius 2 is 2.07 bits per heavy atom. The molecule has 0 aliphatic carbocycles. The summed E-state index contributed by atoms with van der Waals surface area (Å²) >= 11 is 0. The van der Waals surface area contributed by atoms with Crippen LogP contribution >= 0.6 is 0 Å². The second kappa shape index (κ2) is 5.26. The second-order valence-corrected chi connectivity index (χ2v) is 3.40. The maximum atomic E-state index is 11.4. The van der Waals surface area contributed by atoms with Crippen LogP contribution < -0.4 is 11.1 Å². The van der Waals surface area contributed by atoms with Gasteiger partial charge >= 0.3 is 0 Å². The van der Waals surface area contributed by atoms with E-state index in [4.69, 9.17) is 5.73 Å². The van der Waals surface area contributed by atoms with Gasteiger partial charge in [0.05, 0.1) is 18.1 Å². The molecule has 1 rings (SSSR count). The first-order valence-electron chi connectivity index (χ1n) is 4.60. The van der Waals surface area contributed by atoms with Crippen molar-refractivity contribution in [3.05, 3.63) is 18.2 Å². The summed E-state index contributed by atoms with van der Waals surface area (Å²) in [5.41, 5.74) is 5.85. The maximum absolute atomic E-state index is 11.4. The topological polar surface area (TPSA) is 84.1 Å². The van der Waals surface area contributed by atoms with Crippen molar-refractivity contribution in [3.63, 3.8) is 0 Å². The summed E-state index contributed by atoms with van der Waals surface area (Å²) in [6.45, 7) is 1.35. The Labute approximate surface area is 88.5 Å². The van der Waals surface area contributed by atoms with Crippen molar-refractivity contribution in [1.29, 1.82) is 0 Å². The van der Waals surface area contributed by atoms with E-state index in [1.807, 2.05) is 19.0 Å². The van der Waals surface area contributed by atoms with E-state index in [0.29, 0.717) is 12.2 Å². The van der Waals surface area contributed by atoms with Crippen LogP contribution in [-0.4, -0.2) is 48.0 Å².